The van der Waals surface area contributed by atoms with Crippen molar-refractivity contribution >= 4 is 5.96 Å². The number of rotatable bonds is 8. The molecule has 2 rings (SSSR count). The number of aromatic nitrogens is 2. The van der Waals surface area contributed by atoms with Crippen LogP contribution < -0.4 is 10.6 Å². The van der Waals surface area contributed by atoms with Crippen molar-refractivity contribution in [2.75, 3.05) is 19.6 Å². The standard InChI is InChI=1S/C21H30F3N5O/c1-5-25-19(28-14-16(3)17-8-6-15(2)7-9-17)27-11-10-20(30,21(22,23)24)18-26-12-13-29(18)4/h6-9,12-13,16,30H,5,10-11,14H2,1-4H3,(H2,25,27,28). The lowest BCUT2D eigenvalue weighted by Crippen LogP contribution is -2.48. The number of nitrogens with one attached hydrogen (secondary N) is 2. The molecule has 1 heterocycles. The van der Waals surface area contributed by atoms with Gasteiger partial charge in [0.2, 0.25) is 5.60 Å². The van der Waals surface area contributed by atoms with Crippen LogP contribution in [0.4, 0.5) is 13.2 Å². The topological polar surface area (TPSA) is 74.5 Å². The molecule has 3 N–H and O–H groups in total. The number of aliphatic hydroxyl groups is 1. The molecule has 9 heteroatoms. The van der Waals surface area contributed by atoms with Gasteiger partial charge in [0.25, 0.3) is 0 Å². The molecule has 0 saturated heterocycles. The quantitative estimate of drug-likeness (QED) is 0.449. The van der Waals surface area contributed by atoms with E-state index in [0.29, 0.717) is 19.0 Å². The Morgan fingerprint density at radius 1 is 1.23 bits per heavy atom. The molecule has 1 aromatic carbocycles. The Bertz CT molecular complexity index is 832. The minimum atomic E-state index is -4.86. The Morgan fingerprint density at radius 2 is 1.90 bits per heavy atom. The maximum absolute atomic E-state index is 13.6. The number of nitrogens with zero attached hydrogens (tertiary/aromatic N) is 3. The zero-order valence-corrected chi connectivity index (χ0v) is 17.8. The van der Waals surface area contributed by atoms with E-state index in [1.54, 1.807) is 0 Å². The van der Waals surface area contributed by atoms with Gasteiger partial charge in [0.05, 0.1) is 0 Å². The highest BCUT2D eigenvalue weighted by atomic mass is 19.4. The summed E-state index contributed by atoms with van der Waals surface area (Å²) in [6.45, 7) is 6.84. The molecular weight excluding hydrogens is 395 g/mol. The lowest BCUT2D eigenvalue weighted by molar-refractivity contribution is -0.272. The van der Waals surface area contributed by atoms with Crippen molar-refractivity contribution in [1.82, 2.24) is 20.2 Å². The maximum atomic E-state index is 13.6. The summed E-state index contributed by atoms with van der Waals surface area (Å²) >= 11 is 0. The SMILES string of the molecule is CCNC(=NCC(C)c1ccc(C)cc1)NCCC(O)(c1nccn1C)C(F)(F)F. The van der Waals surface area contributed by atoms with E-state index in [2.05, 4.69) is 20.6 Å². The second kappa shape index (κ2) is 9.97. The summed E-state index contributed by atoms with van der Waals surface area (Å²) in [4.78, 5) is 8.19. The van der Waals surface area contributed by atoms with Crippen molar-refractivity contribution in [3.63, 3.8) is 0 Å². The smallest absolute Gasteiger partial charge is 0.374 e. The molecule has 0 fully saturated rings. The monoisotopic (exact) mass is 425 g/mol. The first-order chi connectivity index (χ1) is 14.1. The maximum Gasteiger partial charge on any atom is 0.424 e. The molecule has 1 aromatic heterocycles. The Morgan fingerprint density at radius 3 is 2.43 bits per heavy atom. The van der Waals surface area contributed by atoms with Crippen LogP contribution in [0.15, 0.2) is 41.7 Å². The van der Waals surface area contributed by atoms with E-state index in [9.17, 15) is 18.3 Å². The predicted octanol–water partition coefficient (Wildman–Crippen LogP) is 3.23. The van der Waals surface area contributed by atoms with Crippen LogP contribution in [-0.4, -0.2) is 46.4 Å². The molecule has 0 aliphatic rings. The van der Waals surface area contributed by atoms with E-state index in [0.717, 1.165) is 5.56 Å². The van der Waals surface area contributed by atoms with Crippen LogP contribution in [0.5, 0.6) is 0 Å². The van der Waals surface area contributed by atoms with E-state index in [-0.39, 0.29) is 12.5 Å². The normalized spacial score (nSPS) is 15.5. The van der Waals surface area contributed by atoms with Crippen molar-refractivity contribution in [3.8, 4) is 0 Å². The number of halogens is 3. The molecular formula is C21H30F3N5O. The highest BCUT2D eigenvalue weighted by Gasteiger charge is 2.57. The van der Waals surface area contributed by atoms with Crippen molar-refractivity contribution in [1.29, 1.82) is 0 Å². The Balaban J connectivity index is 2.04. The van der Waals surface area contributed by atoms with E-state index < -0.39 is 24.0 Å². The highest BCUT2D eigenvalue weighted by Crippen LogP contribution is 2.40. The molecule has 0 bridgehead atoms. The van der Waals surface area contributed by atoms with Gasteiger partial charge in [-0.1, -0.05) is 36.8 Å². The number of hydrogen-bond acceptors (Lipinski definition) is 3. The van der Waals surface area contributed by atoms with Crippen molar-refractivity contribution in [3.05, 3.63) is 53.6 Å². The van der Waals surface area contributed by atoms with Gasteiger partial charge in [-0.15, -0.1) is 0 Å². The molecule has 0 spiro atoms. The van der Waals surface area contributed by atoms with Crippen molar-refractivity contribution in [2.24, 2.45) is 12.0 Å². The lowest BCUT2D eigenvalue weighted by Gasteiger charge is -2.30. The molecule has 0 amide bonds. The summed E-state index contributed by atoms with van der Waals surface area (Å²) in [5.74, 6) is 0.119. The van der Waals surface area contributed by atoms with Gasteiger partial charge in [0, 0.05) is 51.4 Å². The molecule has 166 valence electrons. The van der Waals surface area contributed by atoms with Gasteiger partial charge in [-0.05, 0) is 19.4 Å². The fourth-order valence-corrected chi connectivity index (χ4v) is 3.08. The lowest BCUT2D eigenvalue weighted by atomic mass is 9.97. The van der Waals surface area contributed by atoms with Crippen LogP contribution >= 0.6 is 0 Å². The third-order valence-electron chi connectivity index (χ3n) is 4.95. The molecule has 2 aromatic rings. The van der Waals surface area contributed by atoms with Gasteiger partial charge in [-0.3, -0.25) is 4.99 Å². The van der Waals surface area contributed by atoms with Gasteiger partial charge in [0.15, 0.2) is 5.96 Å². The first kappa shape index (κ1) is 23.7. The van der Waals surface area contributed by atoms with Crippen LogP contribution in [0, 0.1) is 6.92 Å². The van der Waals surface area contributed by atoms with Crippen LogP contribution in [0.1, 0.15) is 43.1 Å². The fraction of sp³-hybridized carbons (Fsp3) is 0.524. The minimum absolute atomic E-state index is 0.131. The molecule has 30 heavy (non-hydrogen) atoms. The summed E-state index contributed by atoms with van der Waals surface area (Å²) in [5, 5.41) is 16.3. The van der Waals surface area contributed by atoms with Gasteiger partial charge >= 0.3 is 6.18 Å². The molecule has 0 aliphatic carbocycles. The Kier molecular flexibility index (Phi) is 7.89. The van der Waals surface area contributed by atoms with E-state index in [1.807, 2.05) is 45.0 Å². The Labute approximate surface area is 175 Å². The molecule has 0 radical (unpaired) electrons. The molecule has 0 saturated carbocycles. The second-order valence-electron chi connectivity index (χ2n) is 7.43. The third kappa shape index (κ3) is 5.75. The number of hydrogen-bond donors (Lipinski definition) is 3. The van der Waals surface area contributed by atoms with Gasteiger partial charge in [-0.25, -0.2) is 4.98 Å². The van der Waals surface area contributed by atoms with Gasteiger partial charge < -0.3 is 20.3 Å². The minimum Gasteiger partial charge on any atom is -0.374 e. The number of guanidine groups is 1. The third-order valence-corrected chi connectivity index (χ3v) is 4.95. The van der Waals surface area contributed by atoms with Crippen LogP contribution in [0.25, 0.3) is 0 Å². The van der Waals surface area contributed by atoms with E-state index >= 15 is 0 Å². The summed E-state index contributed by atoms with van der Waals surface area (Å²) < 4.78 is 42.0. The Hall–Kier alpha value is -2.55. The summed E-state index contributed by atoms with van der Waals surface area (Å²) in [6.07, 6.45) is -2.85. The average Bonchev–Trinajstić information content (AvgIpc) is 3.11. The zero-order chi connectivity index (χ0) is 22.4. The number of imidazole rings is 1. The van der Waals surface area contributed by atoms with Crippen molar-refractivity contribution < 1.29 is 18.3 Å². The van der Waals surface area contributed by atoms with Gasteiger partial charge in [0.1, 0.15) is 5.82 Å². The largest absolute Gasteiger partial charge is 0.424 e. The highest BCUT2D eigenvalue weighted by molar-refractivity contribution is 5.79. The average molecular weight is 425 g/mol. The fourth-order valence-electron chi connectivity index (χ4n) is 3.08. The number of aliphatic imine (C=N–C) groups is 1. The van der Waals surface area contributed by atoms with E-state index in [4.69, 9.17) is 0 Å². The van der Waals surface area contributed by atoms with Crippen LogP contribution in [0.3, 0.4) is 0 Å². The second-order valence-corrected chi connectivity index (χ2v) is 7.43. The molecule has 0 aliphatic heterocycles. The van der Waals surface area contributed by atoms with Crippen LogP contribution in [-0.2, 0) is 12.6 Å². The molecule has 2 unspecified atom stereocenters. The number of benzene rings is 1. The van der Waals surface area contributed by atoms with Crippen LogP contribution in [0.2, 0.25) is 0 Å². The number of alkyl halides is 3. The summed E-state index contributed by atoms with van der Waals surface area (Å²) in [5.41, 5.74) is -0.735. The van der Waals surface area contributed by atoms with Gasteiger partial charge in [-0.2, -0.15) is 13.2 Å². The zero-order valence-electron chi connectivity index (χ0n) is 17.8. The molecule has 2 atom stereocenters. The first-order valence-electron chi connectivity index (χ1n) is 9.94. The first-order valence-corrected chi connectivity index (χ1v) is 9.94. The predicted molar refractivity (Wildman–Crippen MR) is 111 cm³/mol. The summed E-state index contributed by atoms with van der Waals surface area (Å²) in [7, 11) is 1.42. The van der Waals surface area contributed by atoms with Crippen molar-refractivity contribution in [2.45, 2.75) is 44.9 Å². The summed E-state index contributed by atoms with van der Waals surface area (Å²) in [6, 6.07) is 8.17. The van der Waals surface area contributed by atoms with E-state index in [1.165, 1.54) is 29.6 Å². The number of aryl methyl sites for hydroxylation is 2. The molecule has 6 nitrogen and oxygen atoms in total.